The highest BCUT2D eigenvalue weighted by Gasteiger charge is 2.11. The van der Waals surface area contributed by atoms with E-state index in [-0.39, 0.29) is 17.3 Å². The fourth-order valence-electron chi connectivity index (χ4n) is 2.31. The van der Waals surface area contributed by atoms with E-state index in [1.807, 2.05) is 31.2 Å². The van der Waals surface area contributed by atoms with Gasteiger partial charge in [0.25, 0.3) is 0 Å². The van der Waals surface area contributed by atoms with Crippen molar-refractivity contribution in [3.05, 3.63) is 64.3 Å². The molecule has 122 valence electrons. The largest absolute Gasteiger partial charge is 0.503 e. The number of aromatic hydroxyl groups is 1. The molecule has 1 N–H and O–H groups in total. The molecule has 0 aliphatic carbocycles. The van der Waals surface area contributed by atoms with E-state index in [0.717, 1.165) is 10.9 Å². The second-order valence-corrected chi connectivity index (χ2v) is 5.98. The van der Waals surface area contributed by atoms with E-state index >= 15 is 0 Å². The first-order valence-corrected chi connectivity index (χ1v) is 8.24. The third-order valence-corrected chi connectivity index (χ3v) is 4.05. The van der Waals surface area contributed by atoms with Crippen LogP contribution in [0.1, 0.15) is 23.0 Å². The van der Waals surface area contributed by atoms with Crippen LogP contribution in [0.2, 0.25) is 0 Å². The number of carbonyl (C=O) groups excluding carboxylic acids is 1. The average Bonchev–Trinajstić information content (AvgIpc) is 3.01. The van der Waals surface area contributed by atoms with E-state index in [1.165, 1.54) is 6.08 Å². The molecule has 3 rings (SSSR count). The number of hydrogen-bond acceptors (Lipinski definition) is 4. The number of halogens is 1. The zero-order valence-electron chi connectivity index (χ0n) is 13.0. The smallest absolute Gasteiger partial charge is 0.221 e. The van der Waals surface area contributed by atoms with Gasteiger partial charge in [-0.25, -0.2) is 0 Å². The van der Waals surface area contributed by atoms with Crippen molar-refractivity contribution in [2.24, 2.45) is 0 Å². The van der Waals surface area contributed by atoms with Crippen molar-refractivity contribution in [2.45, 2.75) is 6.92 Å². The SMILES string of the molecule is CCOc1cc(/C=C/C(=O)c2cc3ccccc3o2)cc(Br)c1O. The monoisotopic (exact) mass is 386 g/mol. The Morgan fingerprint density at radius 2 is 2.08 bits per heavy atom. The van der Waals surface area contributed by atoms with E-state index in [4.69, 9.17) is 9.15 Å². The third-order valence-electron chi connectivity index (χ3n) is 3.45. The Hall–Kier alpha value is -2.53. The molecule has 0 bridgehead atoms. The molecule has 0 atom stereocenters. The van der Waals surface area contributed by atoms with Crippen molar-refractivity contribution in [1.29, 1.82) is 0 Å². The van der Waals surface area contributed by atoms with Gasteiger partial charge in [-0.3, -0.25) is 4.79 Å². The van der Waals surface area contributed by atoms with E-state index in [2.05, 4.69) is 15.9 Å². The van der Waals surface area contributed by atoms with Gasteiger partial charge in [-0.1, -0.05) is 24.3 Å². The van der Waals surface area contributed by atoms with Gasteiger partial charge < -0.3 is 14.3 Å². The highest BCUT2D eigenvalue weighted by molar-refractivity contribution is 9.10. The topological polar surface area (TPSA) is 59.7 Å². The van der Waals surface area contributed by atoms with E-state index < -0.39 is 0 Å². The van der Waals surface area contributed by atoms with Crippen LogP contribution in [0.15, 0.2) is 57.4 Å². The molecule has 0 aliphatic heterocycles. The summed E-state index contributed by atoms with van der Waals surface area (Å²) in [5.74, 6) is 0.462. The Morgan fingerprint density at radius 3 is 2.83 bits per heavy atom. The van der Waals surface area contributed by atoms with Crippen molar-refractivity contribution < 1.29 is 19.1 Å². The standard InChI is InChI=1S/C19H15BrO4/c1-2-23-18-10-12(9-14(20)19(18)22)7-8-15(21)17-11-13-5-3-4-6-16(13)24-17/h3-11,22H,2H2,1H3/b8-7+. The highest BCUT2D eigenvalue weighted by Crippen LogP contribution is 2.35. The molecule has 0 unspecified atom stereocenters. The highest BCUT2D eigenvalue weighted by atomic mass is 79.9. The van der Waals surface area contributed by atoms with Crippen molar-refractivity contribution in [3.63, 3.8) is 0 Å². The number of hydrogen-bond donors (Lipinski definition) is 1. The maximum Gasteiger partial charge on any atom is 0.221 e. The minimum atomic E-state index is -0.228. The molecule has 4 nitrogen and oxygen atoms in total. The first-order chi connectivity index (χ1) is 11.6. The number of ketones is 1. The number of allylic oxidation sites excluding steroid dienone is 1. The Morgan fingerprint density at radius 1 is 1.29 bits per heavy atom. The van der Waals surface area contributed by atoms with Crippen LogP contribution in [0.3, 0.4) is 0 Å². The summed E-state index contributed by atoms with van der Waals surface area (Å²) in [6.45, 7) is 2.27. The van der Waals surface area contributed by atoms with Gasteiger partial charge in [0.2, 0.25) is 5.78 Å². The van der Waals surface area contributed by atoms with Crippen LogP contribution in [-0.4, -0.2) is 17.5 Å². The zero-order chi connectivity index (χ0) is 17.1. The number of para-hydroxylation sites is 1. The molecule has 3 aromatic rings. The van der Waals surface area contributed by atoms with Gasteiger partial charge in [-0.2, -0.15) is 0 Å². The molecule has 5 heteroatoms. The normalized spacial score (nSPS) is 11.2. The van der Waals surface area contributed by atoms with Crippen molar-refractivity contribution >= 4 is 38.8 Å². The summed E-state index contributed by atoms with van der Waals surface area (Å²) in [7, 11) is 0. The Bertz CT molecular complexity index is 891. The van der Waals surface area contributed by atoms with Crippen LogP contribution < -0.4 is 4.74 Å². The molecule has 2 aromatic carbocycles. The number of phenols is 1. The maximum atomic E-state index is 12.3. The Kier molecular flexibility index (Phi) is 4.71. The number of phenolic OH excluding ortho intramolecular Hbond substituents is 1. The minimum absolute atomic E-state index is 0.0395. The lowest BCUT2D eigenvalue weighted by molar-refractivity contribution is 0.102. The molecule has 1 heterocycles. The molecule has 0 saturated heterocycles. The molecule has 1 aromatic heterocycles. The second kappa shape index (κ2) is 6.93. The minimum Gasteiger partial charge on any atom is -0.503 e. The number of fused-ring (bicyclic) bond motifs is 1. The fraction of sp³-hybridized carbons (Fsp3) is 0.105. The number of ether oxygens (including phenoxy) is 1. The summed E-state index contributed by atoms with van der Waals surface area (Å²) < 4.78 is 11.4. The molecule has 0 aliphatic rings. The van der Waals surface area contributed by atoms with Gasteiger partial charge in [0, 0.05) is 5.39 Å². The van der Waals surface area contributed by atoms with Gasteiger partial charge in [0.1, 0.15) is 5.58 Å². The molecule has 0 spiro atoms. The van der Waals surface area contributed by atoms with Crippen LogP contribution in [0.25, 0.3) is 17.0 Å². The van der Waals surface area contributed by atoms with E-state index in [9.17, 15) is 9.90 Å². The Labute approximate surface area is 147 Å². The molecular weight excluding hydrogens is 372 g/mol. The summed E-state index contributed by atoms with van der Waals surface area (Å²) >= 11 is 3.27. The predicted octanol–water partition coefficient (Wildman–Crippen LogP) is 5.20. The van der Waals surface area contributed by atoms with Gasteiger partial charge >= 0.3 is 0 Å². The summed E-state index contributed by atoms with van der Waals surface area (Å²) in [6, 6.07) is 12.6. The summed E-state index contributed by atoms with van der Waals surface area (Å²) in [5.41, 5.74) is 1.41. The zero-order valence-corrected chi connectivity index (χ0v) is 14.5. The first kappa shape index (κ1) is 16.3. The number of benzene rings is 2. The van der Waals surface area contributed by atoms with Crippen LogP contribution in [0.4, 0.5) is 0 Å². The quantitative estimate of drug-likeness (QED) is 0.483. The van der Waals surface area contributed by atoms with Gasteiger partial charge in [0.05, 0.1) is 11.1 Å². The lowest BCUT2D eigenvalue weighted by Crippen LogP contribution is -1.93. The number of furan rings is 1. The van der Waals surface area contributed by atoms with Crippen molar-refractivity contribution in [3.8, 4) is 11.5 Å². The summed E-state index contributed by atoms with van der Waals surface area (Å²) in [6.07, 6.45) is 3.09. The molecule has 0 amide bonds. The maximum absolute atomic E-state index is 12.3. The molecule has 0 saturated carbocycles. The van der Waals surface area contributed by atoms with Crippen LogP contribution in [0, 0.1) is 0 Å². The molecule has 24 heavy (non-hydrogen) atoms. The number of rotatable bonds is 5. The van der Waals surface area contributed by atoms with Gasteiger partial charge in [0.15, 0.2) is 17.3 Å². The summed E-state index contributed by atoms with van der Waals surface area (Å²) in [5, 5.41) is 10.8. The fourth-order valence-corrected chi connectivity index (χ4v) is 2.77. The predicted molar refractivity (Wildman–Crippen MR) is 96.6 cm³/mol. The number of carbonyl (C=O) groups is 1. The third kappa shape index (κ3) is 3.36. The molecule has 0 fully saturated rings. The lowest BCUT2D eigenvalue weighted by atomic mass is 10.1. The molecular formula is C19H15BrO4. The van der Waals surface area contributed by atoms with Crippen LogP contribution in [0.5, 0.6) is 11.5 Å². The first-order valence-electron chi connectivity index (χ1n) is 7.44. The van der Waals surface area contributed by atoms with Crippen molar-refractivity contribution in [2.75, 3.05) is 6.61 Å². The summed E-state index contributed by atoms with van der Waals surface area (Å²) in [4.78, 5) is 12.3. The van der Waals surface area contributed by atoms with Gasteiger partial charge in [-0.15, -0.1) is 0 Å². The average molecular weight is 387 g/mol. The lowest BCUT2D eigenvalue weighted by Gasteiger charge is -2.08. The molecule has 0 radical (unpaired) electrons. The Balaban J connectivity index is 1.85. The van der Waals surface area contributed by atoms with Crippen LogP contribution in [-0.2, 0) is 0 Å². The van der Waals surface area contributed by atoms with E-state index in [0.29, 0.717) is 22.4 Å². The van der Waals surface area contributed by atoms with Crippen molar-refractivity contribution in [1.82, 2.24) is 0 Å². The van der Waals surface area contributed by atoms with Gasteiger partial charge in [-0.05, 0) is 58.8 Å². The van der Waals surface area contributed by atoms with E-state index in [1.54, 1.807) is 24.3 Å². The van der Waals surface area contributed by atoms with Crippen LogP contribution >= 0.6 is 15.9 Å². The second-order valence-electron chi connectivity index (χ2n) is 5.13.